The first-order valence-electron chi connectivity index (χ1n) is 11.5. The van der Waals surface area contributed by atoms with Crippen LogP contribution in [0.5, 0.6) is 11.5 Å². The Hall–Kier alpha value is -4.35. The zero-order valence-electron chi connectivity index (χ0n) is 19.6. The van der Waals surface area contributed by atoms with Crippen molar-refractivity contribution in [2.45, 2.75) is 31.9 Å². The predicted octanol–water partition coefficient (Wildman–Crippen LogP) is 4.38. The highest BCUT2D eigenvalue weighted by Gasteiger charge is 2.31. The van der Waals surface area contributed by atoms with Gasteiger partial charge in [0.2, 0.25) is 0 Å². The molecule has 0 bridgehead atoms. The van der Waals surface area contributed by atoms with Crippen LogP contribution in [0, 0.1) is 0 Å². The number of carbonyl (C=O) groups is 2. The van der Waals surface area contributed by atoms with E-state index < -0.39 is 12.3 Å². The highest BCUT2D eigenvalue weighted by molar-refractivity contribution is 5.95. The number of nitrogens with one attached hydrogen (secondary N) is 2. The van der Waals surface area contributed by atoms with Gasteiger partial charge in [0.1, 0.15) is 23.3 Å². The first kappa shape index (κ1) is 25.7. The summed E-state index contributed by atoms with van der Waals surface area (Å²) < 4.78 is 47.0. The topological polar surface area (TPSA) is 106 Å². The van der Waals surface area contributed by atoms with Crippen LogP contribution in [0.3, 0.4) is 0 Å². The van der Waals surface area contributed by atoms with Gasteiger partial charge in [0, 0.05) is 50.1 Å². The van der Waals surface area contributed by atoms with Crippen molar-refractivity contribution in [3.8, 4) is 11.5 Å². The number of likely N-dealkylation sites (tertiary alicyclic amines) is 1. The fourth-order valence-electron chi connectivity index (χ4n) is 3.71. The lowest BCUT2D eigenvalue weighted by molar-refractivity contribution is -0.274. The third kappa shape index (κ3) is 7.82. The average Bonchev–Trinajstić information content (AvgIpc) is 2.87. The summed E-state index contributed by atoms with van der Waals surface area (Å²) in [6.07, 6.45) is -0.987. The molecular formula is C25H24F3N5O4. The largest absolute Gasteiger partial charge is 0.573 e. The summed E-state index contributed by atoms with van der Waals surface area (Å²) in [7, 11) is 0. The normalized spacial score (nSPS) is 14.1. The number of nitrogens with zero attached hydrogens (tertiary/aromatic N) is 3. The van der Waals surface area contributed by atoms with Gasteiger partial charge in [-0.2, -0.15) is 0 Å². The number of pyridine rings is 2. The second-order valence-corrected chi connectivity index (χ2v) is 8.19. The zero-order valence-corrected chi connectivity index (χ0v) is 19.6. The predicted molar refractivity (Wildman–Crippen MR) is 127 cm³/mol. The third-order valence-electron chi connectivity index (χ3n) is 5.47. The van der Waals surface area contributed by atoms with Crippen molar-refractivity contribution in [1.82, 2.24) is 20.2 Å². The second-order valence-electron chi connectivity index (χ2n) is 8.19. The Morgan fingerprint density at radius 3 is 2.49 bits per heavy atom. The van der Waals surface area contributed by atoms with Crippen molar-refractivity contribution in [3.63, 3.8) is 0 Å². The van der Waals surface area contributed by atoms with Gasteiger partial charge in [0.15, 0.2) is 0 Å². The van der Waals surface area contributed by atoms with E-state index in [-0.39, 0.29) is 35.9 Å². The van der Waals surface area contributed by atoms with E-state index in [0.29, 0.717) is 37.3 Å². The van der Waals surface area contributed by atoms with Crippen LogP contribution in [-0.2, 0) is 6.54 Å². The smallest absolute Gasteiger partial charge is 0.490 e. The number of aromatic nitrogens is 2. The molecule has 3 aromatic rings. The van der Waals surface area contributed by atoms with Crippen LogP contribution in [0.4, 0.5) is 23.7 Å². The summed E-state index contributed by atoms with van der Waals surface area (Å²) in [5.41, 5.74) is 1.27. The molecule has 1 aromatic carbocycles. The molecule has 2 N–H and O–H groups in total. The number of alkyl halides is 3. The van der Waals surface area contributed by atoms with Crippen LogP contribution in [0.2, 0.25) is 0 Å². The molecule has 0 spiro atoms. The van der Waals surface area contributed by atoms with Crippen LogP contribution in [0.15, 0.2) is 67.0 Å². The van der Waals surface area contributed by atoms with Crippen molar-refractivity contribution in [3.05, 3.63) is 78.4 Å². The van der Waals surface area contributed by atoms with Gasteiger partial charge < -0.3 is 25.0 Å². The number of halogens is 3. The first-order valence-corrected chi connectivity index (χ1v) is 11.5. The maximum Gasteiger partial charge on any atom is 0.573 e. The number of hydrogen-bond acceptors (Lipinski definition) is 6. The van der Waals surface area contributed by atoms with Crippen molar-refractivity contribution in [2.24, 2.45) is 0 Å². The summed E-state index contributed by atoms with van der Waals surface area (Å²) >= 11 is 0. The van der Waals surface area contributed by atoms with E-state index in [4.69, 9.17) is 4.74 Å². The Kier molecular flexibility index (Phi) is 8.06. The lowest BCUT2D eigenvalue weighted by atomic mass is 10.1. The molecule has 3 amide bonds. The standard InChI is InChI=1S/C25H24F3N5O4/c26-25(27,28)37-21-6-3-5-20(15-21)36-19-8-12-33(13-9-19)24(35)32-17-7-11-30-22(14-17)23(34)31-16-18-4-1-2-10-29-18/h1-7,10-11,14-15,19H,8-9,12-13,16H2,(H,31,34)(H,30,32,35). The Morgan fingerprint density at radius 2 is 1.76 bits per heavy atom. The molecule has 12 heteroatoms. The summed E-state index contributed by atoms with van der Waals surface area (Å²) in [6, 6.07) is 13.5. The maximum atomic E-state index is 12.7. The van der Waals surface area contributed by atoms with E-state index in [1.807, 2.05) is 6.07 Å². The molecule has 0 aliphatic carbocycles. The van der Waals surface area contributed by atoms with Crippen LogP contribution in [0.1, 0.15) is 29.0 Å². The SMILES string of the molecule is O=C(NCc1ccccn1)c1cc(NC(=O)N2CCC(Oc3cccc(OC(F)(F)F)c3)CC2)ccn1. The molecule has 4 rings (SSSR count). The van der Waals surface area contributed by atoms with E-state index in [2.05, 4.69) is 25.3 Å². The van der Waals surface area contributed by atoms with E-state index in [9.17, 15) is 22.8 Å². The van der Waals surface area contributed by atoms with Crippen LogP contribution >= 0.6 is 0 Å². The molecule has 0 unspecified atom stereocenters. The number of amides is 3. The Bertz CT molecular complexity index is 1220. The van der Waals surface area contributed by atoms with Crippen LogP contribution in [0.25, 0.3) is 0 Å². The van der Waals surface area contributed by atoms with Crippen molar-refractivity contribution in [2.75, 3.05) is 18.4 Å². The van der Waals surface area contributed by atoms with E-state index in [1.165, 1.54) is 30.5 Å². The average molecular weight is 515 g/mol. The maximum absolute atomic E-state index is 12.7. The summed E-state index contributed by atoms with van der Waals surface area (Å²) in [5, 5.41) is 5.50. The molecule has 1 fully saturated rings. The molecule has 0 saturated carbocycles. The van der Waals surface area contributed by atoms with Gasteiger partial charge in [-0.3, -0.25) is 14.8 Å². The fraction of sp³-hybridized carbons (Fsp3) is 0.280. The van der Waals surface area contributed by atoms with Gasteiger partial charge in [-0.05, 0) is 36.4 Å². The van der Waals surface area contributed by atoms with Gasteiger partial charge >= 0.3 is 12.4 Å². The molecule has 9 nitrogen and oxygen atoms in total. The Morgan fingerprint density at radius 1 is 0.973 bits per heavy atom. The summed E-state index contributed by atoms with van der Waals surface area (Å²) in [4.78, 5) is 35.0. The minimum absolute atomic E-state index is 0.151. The van der Waals surface area contributed by atoms with Gasteiger partial charge in [-0.1, -0.05) is 12.1 Å². The monoisotopic (exact) mass is 515 g/mol. The number of piperidine rings is 1. The fourth-order valence-corrected chi connectivity index (χ4v) is 3.71. The highest BCUT2D eigenvalue weighted by Crippen LogP contribution is 2.28. The zero-order chi connectivity index (χ0) is 26.3. The van der Waals surface area contributed by atoms with Crippen LogP contribution < -0.4 is 20.1 Å². The van der Waals surface area contributed by atoms with E-state index in [0.717, 1.165) is 0 Å². The number of hydrogen-bond donors (Lipinski definition) is 2. The molecule has 1 saturated heterocycles. The molecular weight excluding hydrogens is 491 g/mol. The lowest BCUT2D eigenvalue weighted by Crippen LogP contribution is -2.43. The number of ether oxygens (including phenoxy) is 2. The van der Waals surface area contributed by atoms with Gasteiger partial charge in [-0.15, -0.1) is 13.2 Å². The van der Waals surface area contributed by atoms with Crippen molar-refractivity contribution in [1.29, 1.82) is 0 Å². The summed E-state index contributed by atoms with van der Waals surface area (Å²) in [6.45, 7) is 1.02. The number of benzene rings is 1. The number of urea groups is 1. The summed E-state index contributed by atoms with van der Waals surface area (Å²) in [5.74, 6) is -0.497. The Labute approximate surface area is 210 Å². The third-order valence-corrected chi connectivity index (χ3v) is 5.47. The number of carbonyl (C=O) groups excluding carboxylic acids is 2. The number of rotatable bonds is 7. The molecule has 2 aromatic heterocycles. The molecule has 3 heterocycles. The van der Waals surface area contributed by atoms with Gasteiger partial charge in [-0.25, -0.2) is 4.79 Å². The quantitative estimate of drug-likeness (QED) is 0.484. The first-order chi connectivity index (χ1) is 17.7. The van der Waals surface area contributed by atoms with Crippen molar-refractivity contribution < 1.29 is 32.2 Å². The molecule has 194 valence electrons. The second kappa shape index (κ2) is 11.6. The highest BCUT2D eigenvalue weighted by atomic mass is 19.4. The molecule has 37 heavy (non-hydrogen) atoms. The minimum atomic E-state index is -4.78. The van der Waals surface area contributed by atoms with Gasteiger partial charge in [0.25, 0.3) is 5.91 Å². The number of anilines is 1. The molecule has 1 aliphatic heterocycles. The van der Waals surface area contributed by atoms with E-state index >= 15 is 0 Å². The lowest BCUT2D eigenvalue weighted by Gasteiger charge is -2.32. The minimum Gasteiger partial charge on any atom is -0.490 e. The van der Waals surface area contributed by atoms with Crippen LogP contribution in [-0.4, -0.2) is 52.4 Å². The molecule has 0 radical (unpaired) electrons. The van der Waals surface area contributed by atoms with Gasteiger partial charge in [0.05, 0.1) is 12.2 Å². The van der Waals surface area contributed by atoms with E-state index in [1.54, 1.807) is 35.4 Å². The molecule has 1 aliphatic rings. The van der Waals surface area contributed by atoms with Crippen molar-refractivity contribution >= 4 is 17.6 Å². The Balaban J connectivity index is 1.25. The molecule has 0 atom stereocenters.